The van der Waals surface area contributed by atoms with Gasteiger partial charge in [-0.05, 0) is 19.8 Å². The standard InChI is InChI=1S/C14H21N3O4/c1-14(19)3-9(4-14)13(18)16-11-7-20-8-12(11)21-10-5-15-17(2)6-10/h5-6,9,11-12,19H,3-4,7-8H2,1-2H3,(H,16,18)/t9?,11-,12+,14?/m0/s1. The molecule has 2 aliphatic rings. The van der Waals surface area contributed by atoms with Crippen molar-refractivity contribution in [1.82, 2.24) is 15.1 Å². The summed E-state index contributed by atoms with van der Waals surface area (Å²) in [5.41, 5.74) is -0.695. The molecule has 3 rings (SSSR count). The van der Waals surface area contributed by atoms with Crippen LogP contribution in [0.25, 0.3) is 0 Å². The van der Waals surface area contributed by atoms with E-state index in [0.29, 0.717) is 31.8 Å². The van der Waals surface area contributed by atoms with Crippen LogP contribution in [0.15, 0.2) is 12.4 Å². The Morgan fingerprint density at radius 3 is 2.95 bits per heavy atom. The second-order valence-corrected chi connectivity index (χ2v) is 6.26. The number of aromatic nitrogens is 2. The first-order valence-electron chi connectivity index (χ1n) is 7.19. The predicted octanol–water partition coefficient (Wildman–Crippen LogP) is -0.156. The van der Waals surface area contributed by atoms with E-state index in [2.05, 4.69) is 10.4 Å². The van der Waals surface area contributed by atoms with Crippen LogP contribution in [-0.2, 0) is 16.6 Å². The molecule has 21 heavy (non-hydrogen) atoms. The first-order chi connectivity index (χ1) is 9.93. The van der Waals surface area contributed by atoms with E-state index in [0.717, 1.165) is 0 Å². The fraction of sp³-hybridized carbons (Fsp3) is 0.714. The largest absolute Gasteiger partial charge is 0.482 e. The lowest BCUT2D eigenvalue weighted by atomic mass is 9.71. The van der Waals surface area contributed by atoms with Gasteiger partial charge in [-0.25, -0.2) is 0 Å². The van der Waals surface area contributed by atoms with E-state index in [9.17, 15) is 9.90 Å². The zero-order valence-corrected chi connectivity index (χ0v) is 12.3. The number of ether oxygens (including phenoxy) is 2. The van der Waals surface area contributed by atoms with Gasteiger partial charge in [0.1, 0.15) is 6.10 Å². The van der Waals surface area contributed by atoms with Crippen molar-refractivity contribution in [3.8, 4) is 5.75 Å². The third kappa shape index (κ3) is 3.19. The Balaban J connectivity index is 1.53. The van der Waals surface area contributed by atoms with Crippen molar-refractivity contribution >= 4 is 5.91 Å². The number of nitrogens with one attached hydrogen (secondary N) is 1. The molecule has 1 saturated carbocycles. The Morgan fingerprint density at radius 1 is 1.57 bits per heavy atom. The highest BCUT2D eigenvalue weighted by Crippen LogP contribution is 2.37. The molecule has 0 aromatic carbocycles. The maximum atomic E-state index is 12.1. The van der Waals surface area contributed by atoms with Crippen molar-refractivity contribution in [2.75, 3.05) is 13.2 Å². The molecule has 2 N–H and O–H groups in total. The molecule has 7 heteroatoms. The summed E-state index contributed by atoms with van der Waals surface area (Å²) < 4.78 is 12.9. The van der Waals surface area contributed by atoms with Crippen LogP contribution in [0.5, 0.6) is 5.75 Å². The Labute approximate surface area is 123 Å². The fourth-order valence-corrected chi connectivity index (χ4v) is 2.91. The second kappa shape index (κ2) is 5.31. The molecule has 1 aliphatic heterocycles. The molecule has 1 aliphatic carbocycles. The topological polar surface area (TPSA) is 85.6 Å². The summed E-state index contributed by atoms with van der Waals surface area (Å²) in [5.74, 6) is 0.523. The monoisotopic (exact) mass is 295 g/mol. The van der Waals surface area contributed by atoms with Gasteiger partial charge in [0.25, 0.3) is 0 Å². The molecule has 0 spiro atoms. The van der Waals surface area contributed by atoms with Crippen LogP contribution >= 0.6 is 0 Å². The zero-order valence-electron chi connectivity index (χ0n) is 12.3. The molecule has 2 fully saturated rings. The van der Waals surface area contributed by atoms with Crippen molar-refractivity contribution in [3.63, 3.8) is 0 Å². The number of hydrogen-bond donors (Lipinski definition) is 2. The Bertz CT molecular complexity index is 520. The summed E-state index contributed by atoms with van der Waals surface area (Å²) in [6.45, 7) is 2.64. The summed E-state index contributed by atoms with van der Waals surface area (Å²) in [6, 6.07) is -0.164. The maximum absolute atomic E-state index is 12.1. The molecule has 0 bridgehead atoms. The van der Waals surface area contributed by atoms with E-state index in [1.165, 1.54) is 0 Å². The van der Waals surface area contributed by atoms with Gasteiger partial charge in [0.2, 0.25) is 5.91 Å². The summed E-state index contributed by atoms with van der Waals surface area (Å²) in [6.07, 6.45) is 4.24. The molecular formula is C14H21N3O4. The van der Waals surface area contributed by atoms with Gasteiger partial charge < -0.3 is 19.9 Å². The van der Waals surface area contributed by atoms with E-state index >= 15 is 0 Å². The molecule has 1 amide bonds. The van der Waals surface area contributed by atoms with E-state index in [4.69, 9.17) is 9.47 Å². The number of rotatable bonds is 4. The van der Waals surface area contributed by atoms with Crippen LogP contribution in [0.4, 0.5) is 0 Å². The minimum atomic E-state index is -0.695. The van der Waals surface area contributed by atoms with Crippen LogP contribution in [0.2, 0.25) is 0 Å². The number of aliphatic hydroxyl groups is 1. The molecule has 0 unspecified atom stereocenters. The van der Waals surface area contributed by atoms with Gasteiger partial charge in [0, 0.05) is 13.0 Å². The van der Waals surface area contributed by atoms with Gasteiger partial charge >= 0.3 is 0 Å². The lowest BCUT2D eigenvalue weighted by Gasteiger charge is -2.40. The quantitative estimate of drug-likeness (QED) is 0.806. The second-order valence-electron chi connectivity index (χ2n) is 6.26. The normalized spacial score (nSPS) is 35.3. The minimum absolute atomic E-state index is 0.0307. The van der Waals surface area contributed by atoms with Gasteiger partial charge in [-0.1, -0.05) is 0 Å². The molecule has 1 saturated heterocycles. The molecule has 2 atom stereocenters. The third-order valence-electron chi connectivity index (χ3n) is 4.07. The average molecular weight is 295 g/mol. The van der Waals surface area contributed by atoms with Crippen LogP contribution in [0.3, 0.4) is 0 Å². The number of aryl methyl sites for hydroxylation is 1. The Morgan fingerprint density at radius 2 is 2.33 bits per heavy atom. The van der Waals surface area contributed by atoms with Crippen LogP contribution in [-0.4, -0.2) is 51.8 Å². The van der Waals surface area contributed by atoms with Crippen molar-refractivity contribution < 1.29 is 19.4 Å². The van der Waals surface area contributed by atoms with E-state index in [1.54, 1.807) is 24.0 Å². The van der Waals surface area contributed by atoms with Crippen molar-refractivity contribution in [1.29, 1.82) is 0 Å². The van der Waals surface area contributed by atoms with Crippen molar-refractivity contribution in [2.45, 2.75) is 37.5 Å². The van der Waals surface area contributed by atoms with E-state index in [1.807, 2.05) is 7.05 Å². The molecule has 1 aromatic heterocycles. The number of carbonyl (C=O) groups excluding carboxylic acids is 1. The Hall–Kier alpha value is -1.60. The van der Waals surface area contributed by atoms with Crippen molar-refractivity contribution in [3.05, 3.63) is 12.4 Å². The summed E-state index contributed by atoms with van der Waals surface area (Å²) >= 11 is 0. The lowest BCUT2D eigenvalue weighted by Crippen LogP contribution is -2.53. The Kier molecular flexibility index (Phi) is 3.62. The molecule has 7 nitrogen and oxygen atoms in total. The van der Waals surface area contributed by atoms with Gasteiger partial charge in [-0.3, -0.25) is 9.48 Å². The molecule has 2 heterocycles. The van der Waals surface area contributed by atoms with E-state index < -0.39 is 5.60 Å². The highest BCUT2D eigenvalue weighted by Gasteiger charge is 2.44. The van der Waals surface area contributed by atoms with Crippen LogP contribution in [0, 0.1) is 5.92 Å². The maximum Gasteiger partial charge on any atom is 0.223 e. The van der Waals surface area contributed by atoms with Crippen LogP contribution < -0.4 is 10.1 Å². The highest BCUT2D eigenvalue weighted by molar-refractivity contribution is 5.80. The zero-order chi connectivity index (χ0) is 15.0. The smallest absolute Gasteiger partial charge is 0.223 e. The van der Waals surface area contributed by atoms with Crippen LogP contribution in [0.1, 0.15) is 19.8 Å². The number of amides is 1. The fourth-order valence-electron chi connectivity index (χ4n) is 2.91. The summed E-state index contributed by atoms with van der Waals surface area (Å²) in [4.78, 5) is 12.1. The molecule has 0 radical (unpaired) electrons. The van der Waals surface area contributed by atoms with Crippen molar-refractivity contribution in [2.24, 2.45) is 13.0 Å². The predicted molar refractivity (Wildman–Crippen MR) is 73.7 cm³/mol. The average Bonchev–Trinajstić information content (AvgIpc) is 2.97. The van der Waals surface area contributed by atoms with E-state index in [-0.39, 0.29) is 24.0 Å². The number of hydrogen-bond acceptors (Lipinski definition) is 5. The van der Waals surface area contributed by atoms with Gasteiger partial charge in [0.05, 0.1) is 37.3 Å². The van der Waals surface area contributed by atoms with Gasteiger partial charge in [-0.15, -0.1) is 0 Å². The molecule has 116 valence electrons. The summed E-state index contributed by atoms with van der Waals surface area (Å²) in [5, 5.41) is 16.7. The first kappa shape index (κ1) is 14.3. The first-order valence-corrected chi connectivity index (χ1v) is 7.19. The number of nitrogens with zero attached hydrogens (tertiary/aromatic N) is 2. The molecule has 1 aromatic rings. The summed E-state index contributed by atoms with van der Waals surface area (Å²) in [7, 11) is 1.82. The highest BCUT2D eigenvalue weighted by atomic mass is 16.5. The van der Waals surface area contributed by atoms with Gasteiger partial charge in [0.15, 0.2) is 5.75 Å². The minimum Gasteiger partial charge on any atom is -0.482 e. The number of carbonyl (C=O) groups is 1. The third-order valence-corrected chi connectivity index (χ3v) is 4.07. The SMILES string of the molecule is Cn1cc(O[C@@H]2COC[C@@H]2NC(=O)C2CC(C)(O)C2)cn1. The lowest BCUT2D eigenvalue weighted by molar-refractivity contribution is -0.140. The molecular weight excluding hydrogens is 274 g/mol. The van der Waals surface area contributed by atoms with Gasteiger partial charge in [-0.2, -0.15) is 5.10 Å².